The molecule has 0 aromatic carbocycles. The molecule has 0 bridgehead atoms. The zero-order chi connectivity index (χ0) is 14.6. The summed E-state index contributed by atoms with van der Waals surface area (Å²) in [6.45, 7) is 5.01. The van der Waals surface area contributed by atoms with Gasteiger partial charge in [-0.15, -0.1) is 0 Å². The van der Waals surface area contributed by atoms with E-state index in [1.807, 2.05) is 26.0 Å². The van der Waals surface area contributed by atoms with Crippen molar-refractivity contribution < 1.29 is 9.90 Å². The SMILES string of the molecule is CC(C)[C@H](O)C1(CNC(=O)NCc2cccnc2)CC1. The maximum Gasteiger partial charge on any atom is 0.315 e. The predicted octanol–water partition coefficient (Wildman–Crippen LogP) is 1.68. The summed E-state index contributed by atoms with van der Waals surface area (Å²) in [7, 11) is 0. The van der Waals surface area contributed by atoms with E-state index in [-0.39, 0.29) is 23.5 Å². The summed E-state index contributed by atoms with van der Waals surface area (Å²) in [5.41, 5.74) is 0.853. The Bertz CT molecular complexity index is 444. The standard InChI is InChI=1S/C15H23N3O2/c1-11(2)13(19)15(5-6-15)10-18-14(20)17-9-12-4-3-7-16-8-12/h3-4,7-8,11,13,19H,5-6,9-10H2,1-2H3,(H2,17,18,20)/t13-/m0/s1. The normalized spacial score (nSPS) is 17.6. The molecular formula is C15H23N3O2. The van der Waals surface area contributed by atoms with Crippen LogP contribution in [0.25, 0.3) is 0 Å². The van der Waals surface area contributed by atoms with Gasteiger partial charge in [-0.05, 0) is 30.4 Å². The Balaban J connectivity index is 1.73. The van der Waals surface area contributed by atoms with Crippen LogP contribution < -0.4 is 10.6 Å². The molecule has 110 valence electrons. The Morgan fingerprint density at radius 2 is 2.20 bits per heavy atom. The van der Waals surface area contributed by atoms with Gasteiger partial charge in [0.2, 0.25) is 0 Å². The largest absolute Gasteiger partial charge is 0.392 e. The molecule has 20 heavy (non-hydrogen) atoms. The van der Waals surface area contributed by atoms with E-state index < -0.39 is 0 Å². The van der Waals surface area contributed by atoms with E-state index in [2.05, 4.69) is 15.6 Å². The predicted molar refractivity (Wildman–Crippen MR) is 77.0 cm³/mol. The number of aliphatic hydroxyl groups is 1. The second kappa shape index (κ2) is 6.22. The van der Waals surface area contributed by atoms with Gasteiger partial charge in [-0.1, -0.05) is 19.9 Å². The van der Waals surface area contributed by atoms with E-state index in [1.54, 1.807) is 12.4 Å². The van der Waals surface area contributed by atoms with Crippen LogP contribution in [0.15, 0.2) is 24.5 Å². The Hall–Kier alpha value is -1.62. The lowest BCUT2D eigenvalue weighted by molar-refractivity contribution is 0.0515. The summed E-state index contributed by atoms with van der Waals surface area (Å²) in [5, 5.41) is 15.8. The molecule has 5 nitrogen and oxygen atoms in total. The van der Waals surface area contributed by atoms with Crippen molar-refractivity contribution in [3.8, 4) is 0 Å². The number of aromatic nitrogens is 1. The molecule has 1 aromatic heterocycles. The highest BCUT2D eigenvalue weighted by Crippen LogP contribution is 2.50. The first kappa shape index (κ1) is 14.8. The van der Waals surface area contributed by atoms with Gasteiger partial charge in [0, 0.05) is 30.9 Å². The van der Waals surface area contributed by atoms with Crippen molar-refractivity contribution in [3.05, 3.63) is 30.1 Å². The molecule has 1 aliphatic carbocycles. The fourth-order valence-electron chi connectivity index (χ4n) is 2.45. The lowest BCUT2D eigenvalue weighted by Gasteiger charge is -2.25. The van der Waals surface area contributed by atoms with Crippen molar-refractivity contribution in [1.29, 1.82) is 0 Å². The maximum absolute atomic E-state index is 11.8. The number of amides is 2. The van der Waals surface area contributed by atoms with E-state index in [1.165, 1.54) is 0 Å². The molecule has 0 radical (unpaired) electrons. The molecule has 0 spiro atoms. The number of hydrogen-bond acceptors (Lipinski definition) is 3. The summed E-state index contributed by atoms with van der Waals surface area (Å²) in [6, 6.07) is 3.56. The van der Waals surface area contributed by atoms with Gasteiger partial charge in [-0.2, -0.15) is 0 Å². The van der Waals surface area contributed by atoms with Gasteiger partial charge in [-0.25, -0.2) is 4.79 Å². The smallest absolute Gasteiger partial charge is 0.315 e. The molecule has 1 aliphatic rings. The van der Waals surface area contributed by atoms with Gasteiger partial charge < -0.3 is 15.7 Å². The van der Waals surface area contributed by atoms with E-state index >= 15 is 0 Å². The van der Waals surface area contributed by atoms with Crippen molar-refractivity contribution >= 4 is 6.03 Å². The Kier molecular flexibility index (Phi) is 4.60. The average Bonchev–Trinajstić information content (AvgIpc) is 3.24. The highest BCUT2D eigenvalue weighted by Gasteiger charge is 2.49. The zero-order valence-electron chi connectivity index (χ0n) is 12.1. The lowest BCUT2D eigenvalue weighted by atomic mass is 9.90. The molecule has 1 saturated carbocycles. The third-order valence-corrected chi connectivity index (χ3v) is 3.93. The number of urea groups is 1. The van der Waals surface area contributed by atoms with Gasteiger partial charge in [-0.3, -0.25) is 4.98 Å². The molecule has 2 rings (SSSR count). The Morgan fingerprint density at radius 1 is 1.45 bits per heavy atom. The van der Waals surface area contributed by atoms with Gasteiger partial charge >= 0.3 is 6.03 Å². The lowest BCUT2D eigenvalue weighted by Crippen LogP contribution is -2.42. The average molecular weight is 277 g/mol. The van der Waals surface area contributed by atoms with E-state index in [0.29, 0.717) is 13.1 Å². The van der Waals surface area contributed by atoms with Crippen LogP contribution >= 0.6 is 0 Å². The molecule has 2 amide bonds. The third-order valence-electron chi connectivity index (χ3n) is 3.93. The van der Waals surface area contributed by atoms with Crippen molar-refractivity contribution in [1.82, 2.24) is 15.6 Å². The minimum absolute atomic E-state index is 0.111. The number of aliphatic hydroxyl groups excluding tert-OH is 1. The second-order valence-corrected chi connectivity index (χ2v) is 5.95. The maximum atomic E-state index is 11.8. The number of rotatable bonds is 6. The van der Waals surface area contributed by atoms with Crippen LogP contribution in [0.2, 0.25) is 0 Å². The van der Waals surface area contributed by atoms with Crippen LogP contribution in [0.1, 0.15) is 32.3 Å². The van der Waals surface area contributed by atoms with E-state index in [0.717, 1.165) is 18.4 Å². The summed E-state index contributed by atoms with van der Waals surface area (Å²) in [5.74, 6) is 0.220. The van der Waals surface area contributed by atoms with Crippen LogP contribution in [0.4, 0.5) is 4.79 Å². The highest BCUT2D eigenvalue weighted by atomic mass is 16.3. The zero-order valence-corrected chi connectivity index (χ0v) is 12.1. The summed E-state index contributed by atoms with van der Waals surface area (Å²) in [4.78, 5) is 15.8. The molecular weight excluding hydrogens is 254 g/mol. The molecule has 1 fully saturated rings. The molecule has 1 aromatic rings. The quantitative estimate of drug-likeness (QED) is 0.740. The number of pyridine rings is 1. The van der Waals surface area contributed by atoms with Gasteiger partial charge in [0.1, 0.15) is 0 Å². The first-order valence-corrected chi connectivity index (χ1v) is 7.12. The number of nitrogens with zero attached hydrogens (tertiary/aromatic N) is 1. The van der Waals surface area contributed by atoms with Crippen LogP contribution in [0.5, 0.6) is 0 Å². The fraction of sp³-hybridized carbons (Fsp3) is 0.600. The van der Waals surface area contributed by atoms with Crippen LogP contribution in [-0.2, 0) is 6.54 Å². The monoisotopic (exact) mass is 277 g/mol. The second-order valence-electron chi connectivity index (χ2n) is 5.95. The van der Waals surface area contributed by atoms with Crippen molar-refractivity contribution in [3.63, 3.8) is 0 Å². The minimum Gasteiger partial charge on any atom is -0.392 e. The number of hydrogen-bond donors (Lipinski definition) is 3. The summed E-state index contributed by atoms with van der Waals surface area (Å²) < 4.78 is 0. The van der Waals surface area contributed by atoms with E-state index in [4.69, 9.17) is 0 Å². The van der Waals surface area contributed by atoms with Gasteiger partial charge in [0.25, 0.3) is 0 Å². The van der Waals surface area contributed by atoms with Crippen LogP contribution in [0, 0.1) is 11.3 Å². The van der Waals surface area contributed by atoms with Crippen LogP contribution in [-0.4, -0.2) is 28.8 Å². The van der Waals surface area contributed by atoms with Crippen LogP contribution in [0.3, 0.4) is 0 Å². The third kappa shape index (κ3) is 3.70. The molecule has 0 unspecified atom stereocenters. The Morgan fingerprint density at radius 3 is 2.75 bits per heavy atom. The van der Waals surface area contributed by atoms with Gasteiger partial charge in [0.05, 0.1) is 6.10 Å². The van der Waals surface area contributed by atoms with Gasteiger partial charge in [0.15, 0.2) is 0 Å². The first-order chi connectivity index (χ1) is 9.53. The molecule has 3 N–H and O–H groups in total. The topological polar surface area (TPSA) is 74.2 Å². The molecule has 1 heterocycles. The molecule has 0 aliphatic heterocycles. The number of carbonyl (C=O) groups is 1. The minimum atomic E-state index is -0.346. The Labute approximate surface area is 119 Å². The fourth-order valence-corrected chi connectivity index (χ4v) is 2.45. The molecule has 1 atom stereocenters. The molecule has 5 heteroatoms. The highest BCUT2D eigenvalue weighted by molar-refractivity contribution is 5.73. The summed E-state index contributed by atoms with van der Waals surface area (Å²) >= 11 is 0. The summed E-state index contributed by atoms with van der Waals surface area (Å²) in [6.07, 6.45) is 5.05. The number of nitrogens with one attached hydrogen (secondary N) is 2. The van der Waals surface area contributed by atoms with Crippen molar-refractivity contribution in [2.45, 2.75) is 39.3 Å². The molecule has 0 saturated heterocycles. The number of carbonyl (C=O) groups excluding carboxylic acids is 1. The first-order valence-electron chi connectivity index (χ1n) is 7.12. The van der Waals surface area contributed by atoms with E-state index in [9.17, 15) is 9.90 Å². The van der Waals surface area contributed by atoms with Crippen molar-refractivity contribution in [2.75, 3.05) is 6.54 Å². The van der Waals surface area contributed by atoms with Crippen molar-refractivity contribution in [2.24, 2.45) is 11.3 Å².